The molecular formula is C32H45N3O6. The van der Waals surface area contributed by atoms with Crippen LogP contribution in [0.1, 0.15) is 75.3 Å². The summed E-state index contributed by atoms with van der Waals surface area (Å²) in [6.45, 7) is 11.0. The standard InChI is InChI=1S/C32H45N3O6/c1-8-9-13-19-35(28(29(37)33-21-26(36)40-7)27-22(2)15-14-16-23(27)3)30(38)25(20-24-17-11-10-12-18-24)34-31(39)41-32(4,5)6/h10-12,14-18,25,28H,8-9,13,19-21H2,1-7H3,(H,33,37)(H,34,39). The number of esters is 1. The van der Waals surface area contributed by atoms with Crippen molar-refractivity contribution in [2.24, 2.45) is 0 Å². The van der Waals surface area contributed by atoms with E-state index in [1.165, 1.54) is 12.0 Å². The summed E-state index contributed by atoms with van der Waals surface area (Å²) < 4.78 is 10.2. The molecule has 0 spiro atoms. The Hall–Kier alpha value is -3.88. The second-order valence-electron chi connectivity index (χ2n) is 11.1. The van der Waals surface area contributed by atoms with Gasteiger partial charge in [-0.3, -0.25) is 14.4 Å². The molecule has 3 amide bonds. The SMILES string of the molecule is CCCCCN(C(=O)C(Cc1ccccc1)NC(=O)OC(C)(C)C)C(C(=O)NCC(=O)OC)c1c(C)cccc1C. The van der Waals surface area contributed by atoms with Crippen LogP contribution in [0.25, 0.3) is 0 Å². The van der Waals surface area contributed by atoms with Gasteiger partial charge in [0.05, 0.1) is 7.11 Å². The van der Waals surface area contributed by atoms with Gasteiger partial charge in [-0.1, -0.05) is 68.3 Å². The Bertz CT molecular complexity index is 1160. The van der Waals surface area contributed by atoms with Crippen molar-refractivity contribution in [3.8, 4) is 0 Å². The molecule has 0 fully saturated rings. The van der Waals surface area contributed by atoms with Crippen LogP contribution in [0.2, 0.25) is 0 Å². The summed E-state index contributed by atoms with van der Waals surface area (Å²) in [5.41, 5.74) is 2.41. The third-order valence-electron chi connectivity index (χ3n) is 6.57. The quantitative estimate of drug-likeness (QED) is 0.266. The van der Waals surface area contributed by atoms with Crippen molar-refractivity contribution >= 4 is 23.9 Å². The van der Waals surface area contributed by atoms with Crippen molar-refractivity contribution in [1.29, 1.82) is 0 Å². The number of amides is 3. The van der Waals surface area contributed by atoms with E-state index in [2.05, 4.69) is 17.6 Å². The fourth-order valence-electron chi connectivity index (χ4n) is 4.61. The molecule has 0 aliphatic heterocycles. The van der Waals surface area contributed by atoms with Gasteiger partial charge >= 0.3 is 12.1 Å². The van der Waals surface area contributed by atoms with Gasteiger partial charge in [-0.15, -0.1) is 0 Å². The molecule has 224 valence electrons. The highest BCUT2D eigenvalue weighted by Gasteiger charge is 2.37. The minimum absolute atomic E-state index is 0.201. The van der Waals surface area contributed by atoms with E-state index in [4.69, 9.17) is 9.47 Å². The van der Waals surface area contributed by atoms with Crippen LogP contribution < -0.4 is 10.6 Å². The minimum atomic E-state index is -1.04. The predicted molar refractivity (Wildman–Crippen MR) is 158 cm³/mol. The molecule has 2 aromatic rings. The Balaban J connectivity index is 2.61. The van der Waals surface area contributed by atoms with Crippen molar-refractivity contribution in [3.05, 3.63) is 70.8 Å². The second-order valence-corrected chi connectivity index (χ2v) is 11.1. The van der Waals surface area contributed by atoms with Gasteiger partial charge in [0, 0.05) is 13.0 Å². The van der Waals surface area contributed by atoms with E-state index < -0.39 is 41.6 Å². The van der Waals surface area contributed by atoms with Gasteiger partial charge in [-0.25, -0.2) is 4.79 Å². The summed E-state index contributed by atoms with van der Waals surface area (Å²) in [4.78, 5) is 54.6. The van der Waals surface area contributed by atoms with E-state index in [-0.39, 0.29) is 19.5 Å². The van der Waals surface area contributed by atoms with Crippen LogP contribution in [0.3, 0.4) is 0 Å². The number of aryl methyl sites for hydroxylation is 2. The molecule has 2 atom stereocenters. The number of alkyl carbamates (subject to hydrolysis) is 1. The zero-order valence-corrected chi connectivity index (χ0v) is 25.4. The minimum Gasteiger partial charge on any atom is -0.468 e. The third kappa shape index (κ3) is 10.6. The number of unbranched alkanes of at least 4 members (excludes halogenated alkanes) is 2. The number of carbonyl (C=O) groups is 4. The van der Waals surface area contributed by atoms with Crippen molar-refractivity contribution in [2.75, 3.05) is 20.2 Å². The predicted octanol–water partition coefficient (Wildman–Crippen LogP) is 4.79. The lowest BCUT2D eigenvalue weighted by atomic mass is 9.93. The van der Waals surface area contributed by atoms with Crippen LogP contribution in [0, 0.1) is 13.8 Å². The van der Waals surface area contributed by atoms with Crippen LogP contribution in [0.15, 0.2) is 48.5 Å². The molecule has 41 heavy (non-hydrogen) atoms. The number of hydrogen-bond acceptors (Lipinski definition) is 6. The summed E-state index contributed by atoms with van der Waals surface area (Å²) >= 11 is 0. The van der Waals surface area contributed by atoms with Gasteiger partial charge in [0.1, 0.15) is 24.2 Å². The summed E-state index contributed by atoms with van der Waals surface area (Å²) in [6, 6.07) is 13.0. The van der Waals surface area contributed by atoms with Crippen LogP contribution in [-0.2, 0) is 30.3 Å². The van der Waals surface area contributed by atoms with Crippen molar-refractivity contribution in [2.45, 2.75) is 84.9 Å². The maximum absolute atomic E-state index is 14.5. The molecule has 0 bridgehead atoms. The highest BCUT2D eigenvalue weighted by atomic mass is 16.6. The number of nitrogens with one attached hydrogen (secondary N) is 2. The largest absolute Gasteiger partial charge is 0.468 e. The number of hydrogen-bond donors (Lipinski definition) is 2. The summed E-state index contributed by atoms with van der Waals surface area (Å²) in [6.07, 6.45) is 1.88. The van der Waals surface area contributed by atoms with Crippen LogP contribution in [0.4, 0.5) is 4.79 Å². The van der Waals surface area contributed by atoms with E-state index in [0.717, 1.165) is 29.5 Å². The first-order chi connectivity index (χ1) is 19.4. The number of rotatable bonds is 13. The monoisotopic (exact) mass is 567 g/mol. The third-order valence-corrected chi connectivity index (χ3v) is 6.57. The van der Waals surface area contributed by atoms with Crippen LogP contribution in [-0.4, -0.2) is 60.6 Å². The number of benzene rings is 2. The molecule has 0 saturated carbocycles. The first kappa shape index (κ1) is 33.3. The Kier molecular flexibility index (Phi) is 12.8. The first-order valence-electron chi connectivity index (χ1n) is 14.1. The van der Waals surface area contributed by atoms with E-state index >= 15 is 0 Å². The zero-order chi connectivity index (χ0) is 30.6. The van der Waals surface area contributed by atoms with E-state index in [1.54, 1.807) is 20.8 Å². The normalized spacial score (nSPS) is 12.6. The molecule has 0 saturated heterocycles. The van der Waals surface area contributed by atoms with Gasteiger partial charge in [0.15, 0.2) is 0 Å². The van der Waals surface area contributed by atoms with Gasteiger partial charge in [-0.2, -0.15) is 0 Å². The van der Waals surface area contributed by atoms with Gasteiger partial charge in [-0.05, 0) is 63.3 Å². The number of nitrogens with zero attached hydrogens (tertiary/aromatic N) is 1. The van der Waals surface area contributed by atoms with E-state index in [0.29, 0.717) is 12.0 Å². The fourth-order valence-corrected chi connectivity index (χ4v) is 4.61. The van der Waals surface area contributed by atoms with Crippen molar-refractivity contribution < 1.29 is 28.7 Å². The Morgan fingerprint density at radius 3 is 2.12 bits per heavy atom. The van der Waals surface area contributed by atoms with Crippen molar-refractivity contribution in [3.63, 3.8) is 0 Å². The van der Waals surface area contributed by atoms with E-state index in [1.807, 2.05) is 62.4 Å². The summed E-state index contributed by atoms with van der Waals surface area (Å²) in [7, 11) is 1.24. The van der Waals surface area contributed by atoms with Gasteiger partial charge in [0.25, 0.3) is 0 Å². The smallest absolute Gasteiger partial charge is 0.408 e. The van der Waals surface area contributed by atoms with Gasteiger partial charge in [0.2, 0.25) is 11.8 Å². The molecule has 0 radical (unpaired) electrons. The highest BCUT2D eigenvalue weighted by Crippen LogP contribution is 2.29. The lowest BCUT2D eigenvalue weighted by molar-refractivity contribution is -0.144. The Morgan fingerprint density at radius 2 is 1.56 bits per heavy atom. The van der Waals surface area contributed by atoms with Crippen molar-refractivity contribution in [1.82, 2.24) is 15.5 Å². The fraction of sp³-hybridized carbons (Fsp3) is 0.500. The molecular weight excluding hydrogens is 522 g/mol. The number of ether oxygens (including phenoxy) is 2. The molecule has 2 rings (SSSR count). The van der Waals surface area contributed by atoms with Crippen LogP contribution in [0.5, 0.6) is 0 Å². The Morgan fingerprint density at radius 1 is 0.927 bits per heavy atom. The van der Waals surface area contributed by atoms with Crippen LogP contribution >= 0.6 is 0 Å². The lowest BCUT2D eigenvalue weighted by Gasteiger charge is -2.36. The lowest BCUT2D eigenvalue weighted by Crippen LogP contribution is -2.54. The molecule has 2 N–H and O–H groups in total. The molecule has 9 nitrogen and oxygen atoms in total. The Labute approximate surface area is 244 Å². The molecule has 9 heteroatoms. The summed E-state index contributed by atoms with van der Waals surface area (Å²) in [5, 5.41) is 5.42. The average molecular weight is 568 g/mol. The summed E-state index contributed by atoms with van der Waals surface area (Å²) in [5.74, 6) is -1.53. The topological polar surface area (TPSA) is 114 Å². The number of methoxy groups -OCH3 is 1. The molecule has 0 aromatic heterocycles. The van der Waals surface area contributed by atoms with E-state index in [9.17, 15) is 19.2 Å². The molecule has 0 heterocycles. The molecule has 0 aliphatic rings. The maximum Gasteiger partial charge on any atom is 0.408 e. The highest BCUT2D eigenvalue weighted by molar-refractivity contribution is 5.93. The first-order valence-corrected chi connectivity index (χ1v) is 14.1. The zero-order valence-electron chi connectivity index (χ0n) is 25.4. The average Bonchev–Trinajstić information content (AvgIpc) is 2.91. The molecule has 2 unspecified atom stereocenters. The maximum atomic E-state index is 14.5. The second kappa shape index (κ2) is 15.8. The number of carbonyl (C=O) groups excluding carboxylic acids is 4. The molecule has 0 aliphatic carbocycles. The van der Waals surface area contributed by atoms with Gasteiger partial charge < -0.3 is 25.0 Å². The molecule has 2 aromatic carbocycles.